The zero-order valence-corrected chi connectivity index (χ0v) is 19.0. The largest absolute Gasteiger partial charge is 0.457 e. The molecule has 10 nitrogen and oxygen atoms in total. The van der Waals surface area contributed by atoms with Crippen molar-refractivity contribution >= 4 is 40.4 Å². The molecule has 34 heavy (non-hydrogen) atoms. The van der Waals surface area contributed by atoms with Gasteiger partial charge in [-0.2, -0.15) is 0 Å². The Morgan fingerprint density at radius 3 is 2.50 bits per heavy atom. The molecule has 0 aliphatic heterocycles. The molecule has 0 saturated heterocycles. The van der Waals surface area contributed by atoms with Gasteiger partial charge in [-0.05, 0) is 45.0 Å². The second kappa shape index (κ2) is 11.0. The number of nitrogens with one attached hydrogen (secondary N) is 3. The Hall–Kier alpha value is -4.34. The molecule has 0 bridgehead atoms. The number of esters is 1. The average molecular weight is 467 g/mol. The molecule has 0 aliphatic carbocycles. The fourth-order valence-corrected chi connectivity index (χ4v) is 3.12. The van der Waals surface area contributed by atoms with Gasteiger partial charge in [0.05, 0.1) is 17.9 Å². The number of fused-ring (bicyclic) bond motifs is 1. The molecule has 3 amide bonds. The number of para-hydroxylation sites is 1. The van der Waals surface area contributed by atoms with Crippen LogP contribution in [0.25, 0.3) is 11.0 Å². The van der Waals surface area contributed by atoms with E-state index in [9.17, 15) is 19.2 Å². The summed E-state index contributed by atoms with van der Waals surface area (Å²) in [7, 11) is 0. The zero-order chi connectivity index (χ0) is 24.7. The summed E-state index contributed by atoms with van der Waals surface area (Å²) in [5, 5.41) is 8.38. The van der Waals surface area contributed by atoms with Crippen LogP contribution in [0.1, 0.15) is 36.7 Å². The van der Waals surface area contributed by atoms with Crippen molar-refractivity contribution in [3.05, 3.63) is 70.1 Å². The summed E-state index contributed by atoms with van der Waals surface area (Å²) < 4.78 is 15.5. The van der Waals surface area contributed by atoms with Gasteiger partial charge in [0.25, 0.3) is 0 Å². The molecule has 0 fully saturated rings. The standard InChI is InChI=1S/C24H25N3O7/c1-4-32-24(31)26-16-9-10-17-15(11-21(28)34-20(17)12-16)13-33-22(29)18-7-5-6-8-19(18)27-23(30)25-14(2)3/h5-12,14H,4,13H2,1-3H3,(H,26,31)(H2,25,27,30). The van der Waals surface area contributed by atoms with E-state index >= 15 is 0 Å². The van der Waals surface area contributed by atoms with Gasteiger partial charge >= 0.3 is 23.7 Å². The second-order valence-electron chi connectivity index (χ2n) is 7.52. The van der Waals surface area contributed by atoms with Crippen LogP contribution in [0.5, 0.6) is 0 Å². The summed E-state index contributed by atoms with van der Waals surface area (Å²) in [6.07, 6.45) is -0.636. The van der Waals surface area contributed by atoms with Crippen molar-refractivity contribution in [3.8, 4) is 0 Å². The monoisotopic (exact) mass is 467 g/mol. The highest BCUT2D eigenvalue weighted by atomic mass is 16.5. The molecule has 1 aromatic heterocycles. The predicted octanol–water partition coefficient (Wildman–Crippen LogP) is 4.25. The minimum atomic E-state index is -0.678. The molecule has 0 unspecified atom stereocenters. The van der Waals surface area contributed by atoms with E-state index in [1.54, 1.807) is 37.3 Å². The lowest BCUT2D eigenvalue weighted by Crippen LogP contribution is -2.34. The minimum absolute atomic E-state index is 0.0785. The molecule has 10 heteroatoms. The first-order chi connectivity index (χ1) is 16.3. The number of rotatable bonds is 7. The van der Waals surface area contributed by atoms with E-state index in [-0.39, 0.29) is 36.1 Å². The maximum absolute atomic E-state index is 12.7. The summed E-state index contributed by atoms with van der Waals surface area (Å²) >= 11 is 0. The third-order valence-corrected chi connectivity index (χ3v) is 4.53. The summed E-state index contributed by atoms with van der Waals surface area (Å²) in [5.41, 5.74) is 0.820. The third-order valence-electron chi connectivity index (χ3n) is 4.53. The van der Waals surface area contributed by atoms with E-state index in [0.717, 1.165) is 0 Å². The van der Waals surface area contributed by atoms with Gasteiger partial charge in [-0.1, -0.05) is 12.1 Å². The molecule has 0 atom stereocenters. The molecule has 0 radical (unpaired) electrons. The quantitative estimate of drug-likeness (QED) is 0.349. The number of carbonyl (C=O) groups excluding carboxylic acids is 3. The van der Waals surface area contributed by atoms with E-state index in [0.29, 0.717) is 16.6 Å². The Bertz CT molecular complexity index is 1270. The first-order valence-electron chi connectivity index (χ1n) is 10.6. The number of benzene rings is 2. The smallest absolute Gasteiger partial charge is 0.411 e. The fourth-order valence-electron chi connectivity index (χ4n) is 3.12. The molecule has 1 heterocycles. The highest BCUT2D eigenvalue weighted by Gasteiger charge is 2.16. The van der Waals surface area contributed by atoms with E-state index in [4.69, 9.17) is 13.9 Å². The van der Waals surface area contributed by atoms with Gasteiger partial charge in [-0.25, -0.2) is 19.2 Å². The van der Waals surface area contributed by atoms with Crippen molar-refractivity contribution in [2.75, 3.05) is 17.2 Å². The van der Waals surface area contributed by atoms with Crippen LogP contribution >= 0.6 is 0 Å². The van der Waals surface area contributed by atoms with E-state index in [1.165, 1.54) is 18.2 Å². The number of carbonyl (C=O) groups is 3. The van der Waals surface area contributed by atoms with Crippen molar-refractivity contribution in [2.24, 2.45) is 0 Å². The molecule has 0 saturated carbocycles. The lowest BCUT2D eigenvalue weighted by atomic mass is 10.1. The fraction of sp³-hybridized carbons (Fsp3) is 0.250. The molecule has 0 aliphatic rings. The lowest BCUT2D eigenvalue weighted by Gasteiger charge is -2.13. The van der Waals surface area contributed by atoms with Gasteiger partial charge < -0.3 is 24.5 Å². The second-order valence-corrected chi connectivity index (χ2v) is 7.52. The number of amides is 3. The number of hydrogen-bond donors (Lipinski definition) is 3. The molecule has 0 spiro atoms. The van der Waals surface area contributed by atoms with Crippen molar-refractivity contribution in [2.45, 2.75) is 33.4 Å². The van der Waals surface area contributed by atoms with Gasteiger partial charge in [-0.3, -0.25) is 5.32 Å². The molecule has 3 rings (SSSR count). The SMILES string of the molecule is CCOC(=O)Nc1ccc2c(COC(=O)c3ccccc3NC(=O)NC(C)C)cc(=O)oc2c1. The molecule has 178 valence electrons. The van der Waals surface area contributed by atoms with Crippen molar-refractivity contribution < 1.29 is 28.3 Å². The Morgan fingerprint density at radius 2 is 1.76 bits per heavy atom. The van der Waals surface area contributed by atoms with Crippen LogP contribution < -0.4 is 21.6 Å². The number of ether oxygens (including phenoxy) is 2. The first-order valence-corrected chi connectivity index (χ1v) is 10.6. The Morgan fingerprint density at radius 1 is 1.00 bits per heavy atom. The molecule has 3 aromatic rings. The Labute approximate surface area is 195 Å². The van der Waals surface area contributed by atoms with Crippen molar-refractivity contribution in [3.63, 3.8) is 0 Å². The predicted molar refractivity (Wildman–Crippen MR) is 126 cm³/mol. The number of hydrogen-bond acceptors (Lipinski definition) is 7. The summed E-state index contributed by atoms with van der Waals surface area (Å²) in [5.74, 6) is -0.678. The Balaban J connectivity index is 1.78. The van der Waals surface area contributed by atoms with E-state index in [2.05, 4.69) is 16.0 Å². The number of anilines is 2. The summed E-state index contributed by atoms with van der Waals surface area (Å²) in [6.45, 7) is 5.32. The molecule has 3 N–H and O–H groups in total. The average Bonchev–Trinajstić information content (AvgIpc) is 2.76. The van der Waals surface area contributed by atoms with Gasteiger partial charge in [0.1, 0.15) is 12.2 Å². The van der Waals surface area contributed by atoms with Crippen LogP contribution in [0.15, 0.2) is 57.7 Å². The van der Waals surface area contributed by atoms with Crippen molar-refractivity contribution in [1.82, 2.24) is 5.32 Å². The van der Waals surface area contributed by atoms with Crippen LogP contribution in [0.3, 0.4) is 0 Å². The van der Waals surface area contributed by atoms with Crippen LogP contribution in [0.4, 0.5) is 21.0 Å². The molecular formula is C24H25N3O7. The van der Waals surface area contributed by atoms with Crippen molar-refractivity contribution in [1.29, 1.82) is 0 Å². The van der Waals surface area contributed by atoms with Gasteiger partial charge in [0.15, 0.2) is 0 Å². The molecular weight excluding hydrogens is 442 g/mol. The maximum Gasteiger partial charge on any atom is 0.411 e. The topological polar surface area (TPSA) is 136 Å². The highest BCUT2D eigenvalue weighted by molar-refractivity contribution is 6.01. The summed E-state index contributed by atoms with van der Waals surface area (Å²) in [6, 6.07) is 11.9. The minimum Gasteiger partial charge on any atom is -0.457 e. The zero-order valence-electron chi connectivity index (χ0n) is 19.0. The maximum atomic E-state index is 12.7. The number of urea groups is 1. The first kappa shape index (κ1) is 24.3. The normalized spacial score (nSPS) is 10.6. The van der Waals surface area contributed by atoms with Crippen LogP contribution in [0.2, 0.25) is 0 Å². The summed E-state index contributed by atoms with van der Waals surface area (Å²) in [4.78, 5) is 48.5. The lowest BCUT2D eigenvalue weighted by molar-refractivity contribution is 0.0475. The van der Waals surface area contributed by atoms with Crippen LogP contribution in [0, 0.1) is 0 Å². The van der Waals surface area contributed by atoms with Gasteiger partial charge in [0, 0.05) is 34.8 Å². The van der Waals surface area contributed by atoms with E-state index in [1.807, 2.05) is 13.8 Å². The molecule has 2 aromatic carbocycles. The Kier molecular flexibility index (Phi) is 7.86. The van der Waals surface area contributed by atoms with Crippen LogP contribution in [-0.4, -0.2) is 30.7 Å². The van der Waals surface area contributed by atoms with Gasteiger partial charge in [-0.15, -0.1) is 0 Å². The van der Waals surface area contributed by atoms with Gasteiger partial charge in [0.2, 0.25) is 0 Å². The highest BCUT2D eigenvalue weighted by Crippen LogP contribution is 2.23. The van der Waals surface area contributed by atoms with Crippen LogP contribution in [-0.2, 0) is 16.1 Å². The third kappa shape index (κ3) is 6.35. The van der Waals surface area contributed by atoms with E-state index < -0.39 is 23.7 Å².